The third kappa shape index (κ3) is 1.36. The monoisotopic (exact) mass is 190 g/mol. The van der Waals surface area contributed by atoms with Crippen molar-refractivity contribution in [1.82, 2.24) is 10.2 Å². The van der Waals surface area contributed by atoms with Crippen molar-refractivity contribution >= 4 is 9.84 Å². The fraction of sp³-hybridized carbons (Fsp3) is 1.00. The van der Waals surface area contributed by atoms with Gasteiger partial charge in [-0.05, 0) is 7.05 Å². The molecule has 0 spiro atoms. The molecule has 0 amide bonds. The summed E-state index contributed by atoms with van der Waals surface area (Å²) in [6.45, 7) is 1.86. The first-order valence-electron chi connectivity index (χ1n) is 4.22. The van der Waals surface area contributed by atoms with Crippen LogP contribution in [-0.4, -0.2) is 57.0 Å². The van der Waals surface area contributed by atoms with Gasteiger partial charge in [0.25, 0.3) is 0 Å². The van der Waals surface area contributed by atoms with Crippen molar-refractivity contribution in [2.45, 2.75) is 12.1 Å². The van der Waals surface area contributed by atoms with E-state index in [2.05, 4.69) is 10.2 Å². The van der Waals surface area contributed by atoms with Crippen molar-refractivity contribution in [1.29, 1.82) is 0 Å². The molecule has 0 aromatic carbocycles. The lowest BCUT2D eigenvalue weighted by molar-refractivity contribution is 0.185. The normalized spacial score (nSPS) is 41.1. The fourth-order valence-corrected chi connectivity index (χ4v) is 4.08. The maximum atomic E-state index is 11.3. The molecule has 0 radical (unpaired) electrons. The SMILES string of the molecule is CN1CCNC2CS(=O)(=O)CC21. The van der Waals surface area contributed by atoms with Crippen molar-refractivity contribution in [3.05, 3.63) is 0 Å². The first kappa shape index (κ1) is 8.47. The molecule has 2 unspecified atom stereocenters. The predicted molar refractivity (Wildman–Crippen MR) is 46.9 cm³/mol. The summed E-state index contributed by atoms with van der Waals surface area (Å²) in [7, 11) is -0.767. The van der Waals surface area contributed by atoms with E-state index in [1.807, 2.05) is 7.05 Å². The van der Waals surface area contributed by atoms with Crippen molar-refractivity contribution in [3.63, 3.8) is 0 Å². The van der Waals surface area contributed by atoms with E-state index in [4.69, 9.17) is 0 Å². The predicted octanol–water partition coefficient (Wildman–Crippen LogP) is -1.31. The Labute approximate surface area is 72.9 Å². The molecule has 5 heteroatoms. The summed E-state index contributed by atoms with van der Waals surface area (Å²) in [4.78, 5) is 2.14. The summed E-state index contributed by atoms with van der Waals surface area (Å²) in [5.74, 6) is 0.656. The van der Waals surface area contributed by atoms with Crippen LogP contribution >= 0.6 is 0 Å². The highest BCUT2D eigenvalue weighted by Crippen LogP contribution is 2.19. The third-order valence-electron chi connectivity index (χ3n) is 2.76. The van der Waals surface area contributed by atoms with Gasteiger partial charge in [-0.2, -0.15) is 0 Å². The zero-order valence-electron chi connectivity index (χ0n) is 7.16. The van der Waals surface area contributed by atoms with Gasteiger partial charge in [-0.25, -0.2) is 8.42 Å². The van der Waals surface area contributed by atoms with Crippen LogP contribution in [0.4, 0.5) is 0 Å². The van der Waals surface area contributed by atoms with Gasteiger partial charge in [-0.1, -0.05) is 0 Å². The first-order valence-corrected chi connectivity index (χ1v) is 6.05. The van der Waals surface area contributed by atoms with Gasteiger partial charge in [0.15, 0.2) is 9.84 Å². The maximum Gasteiger partial charge on any atom is 0.153 e. The van der Waals surface area contributed by atoms with Crippen LogP contribution in [-0.2, 0) is 9.84 Å². The van der Waals surface area contributed by atoms with Gasteiger partial charge in [-0.3, -0.25) is 4.90 Å². The molecule has 2 rings (SSSR count). The largest absolute Gasteiger partial charge is 0.310 e. The van der Waals surface area contributed by atoms with Crippen LogP contribution in [0.2, 0.25) is 0 Å². The smallest absolute Gasteiger partial charge is 0.153 e. The maximum absolute atomic E-state index is 11.3. The molecule has 2 fully saturated rings. The Balaban J connectivity index is 2.19. The van der Waals surface area contributed by atoms with Crippen LogP contribution < -0.4 is 5.32 Å². The minimum absolute atomic E-state index is 0.175. The van der Waals surface area contributed by atoms with E-state index in [0.29, 0.717) is 11.5 Å². The van der Waals surface area contributed by atoms with E-state index in [1.54, 1.807) is 0 Å². The number of likely N-dealkylation sites (N-methyl/N-ethyl adjacent to an activating group) is 1. The van der Waals surface area contributed by atoms with Gasteiger partial charge >= 0.3 is 0 Å². The van der Waals surface area contributed by atoms with E-state index < -0.39 is 9.84 Å². The molecular formula is C7H14N2O2S. The molecule has 2 aliphatic rings. The minimum atomic E-state index is -2.77. The molecule has 2 aliphatic heterocycles. The summed E-state index contributed by atoms with van der Waals surface area (Å²) >= 11 is 0. The molecule has 2 heterocycles. The van der Waals surface area contributed by atoms with E-state index >= 15 is 0 Å². The van der Waals surface area contributed by atoms with Gasteiger partial charge in [0, 0.05) is 25.2 Å². The number of sulfone groups is 1. The molecule has 0 aromatic heterocycles. The van der Waals surface area contributed by atoms with E-state index in [9.17, 15) is 8.42 Å². The summed E-state index contributed by atoms with van der Waals surface area (Å²) < 4.78 is 22.6. The summed E-state index contributed by atoms with van der Waals surface area (Å²) in [5, 5.41) is 3.25. The molecule has 2 saturated heterocycles. The Hall–Kier alpha value is -0.130. The number of nitrogens with one attached hydrogen (secondary N) is 1. The molecular weight excluding hydrogens is 176 g/mol. The standard InChI is InChI=1S/C7H14N2O2S/c1-9-3-2-8-6-4-12(10,11)5-7(6)9/h6-8H,2-5H2,1H3. The van der Waals surface area contributed by atoms with Crippen molar-refractivity contribution in [2.75, 3.05) is 31.6 Å². The van der Waals surface area contributed by atoms with Gasteiger partial charge in [0.05, 0.1) is 11.5 Å². The quantitative estimate of drug-likeness (QED) is 0.515. The number of rotatable bonds is 0. The summed E-state index contributed by atoms with van der Waals surface area (Å²) in [6.07, 6.45) is 0. The molecule has 0 saturated carbocycles. The lowest BCUT2D eigenvalue weighted by Gasteiger charge is -2.34. The summed E-state index contributed by atoms with van der Waals surface area (Å²) in [6, 6.07) is 0.387. The van der Waals surface area contributed by atoms with Gasteiger partial charge < -0.3 is 5.32 Å². The second-order valence-corrected chi connectivity index (χ2v) is 5.84. The summed E-state index contributed by atoms with van der Waals surface area (Å²) in [5.41, 5.74) is 0. The Kier molecular flexibility index (Phi) is 1.89. The van der Waals surface area contributed by atoms with E-state index in [0.717, 1.165) is 13.1 Å². The lowest BCUT2D eigenvalue weighted by atomic mass is 10.1. The second-order valence-electron chi connectivity index (χ2n) is 3.69. The first-order chi connectivity index (χ1) is 5.58. The molecule has 0 aliphatic carbocycles. The number of nitrogens with zero attached hydrogens (tertiary/aromatic N) is 1. The van der Waals surface area contributed by atoms with Crippen molar-refractivity contribution < 1.29 is 8.42 Å². The Morgan fingerprint density at radius 2 is 2.17 bits per heavy atom. The third-order valence-corrected chi connectivity index (χ3v) is 4.48. The Morgan fingerprint density at radius 1 is 1.42 bits per heavy atom. The second kappa shape index (κ2) is 2.68. The van der Waals surface area contributed by atoms with Crippen LogP contribution in [0, 0.1) is 0 Å². The molecule has 4 nitrogen and oxygen atoms in total. The van der Waals surface area contributed by atoms with Gasteiger partial charge in [-0.15, -0.1) is 0 Å². The molecule has 0 bridgehead atoms. The van der Waals surface area contributed by atoms with Gasteiger partial charge in [0.1, 0.15) is 0 Å². The van der Waals surface area contributed by atoms with Crippen LogP contribution in [0.1, 0.15) is 0 Å². The molecule has 0 aromatic rings. The zero-order chi connectivity index (χ0) is 8.77. The number of hydrogen-bond acceptors (Lipinski definition) is 4. The van der Waals surface area contributed by atoms with Crippen LogP contribution in [0.15, 0.2) is 0 Å². The molecule has 70 valence electrons. The zero-order valence-corrected chi connectivity index (χ0v) is 7.97. The molecule has 12 heavy (non-hydrogen) atoms. The van der Waals surface area contributed by atoms with Crippen LogP contribution in [0.25, 0.3) is 0 Å². The van der Waals surface area contributed by atoms with E-state index in [-0.39, 0.29) is 12.1 Å². The van der Waals surface area contributed by atoms with Crippen molar-refractivity contribution in [2.24, 2.45) is 0 Å². The topological polar surface area (TPSA) is 49.4 Å². The average molecular weight is 190 g/mol. The van der Waals surface area contributed by atoms with Crippen LogP contribution in [0.5, 0.6) is 0 Å². The van der Waals surface area contributed by atoms with Crippen LogP contribution in [0.3, 0.4) is 0 Å². The van der Waals surface area contributed by atoms with E-state index in [1.165, 1.54) is 0 Å². The fourth-order valence-electron chi connectivity index (χ4n) is 2.05. The highest BCUT2D eigenvalue weighted by atomic mass is 32.2. The highest BCUT2D eigenvalue weighted by molar-refractivity contribution is 7.91. The Morgan fingerprint density at radius 3 is 2.83 bits per heavy atom. The minimum Gasteiger partial charge on any atom is -0.310 e. The average Bonchev–Trinajstić information content (AvgIpc) is 2.25. The van der Waals surface area contributed by atoms with Gasteiger partial charge in [0.2, 0.25) is 0 Å². The number of fused-ring (bicyclic) bond motifs is 1. The highest BCUT2D eigenvalue weighted by Gasteiger charge is 2.41. The van der Waals surface area contributed by atoms with Crippen molar-refractivity contribution in [3.8, 4) is 0 Å². The number of hydrogen-bond donors (Lipinski definition) is 1. The lowest BCUT2D eigenvalue weighted by Crippen LogP contribution is -2.55. The molecule has 1 N–H and O–H groups in total. The molecule has 2 atom stereocenters. The Bertz CT molecular complexity index is 275. The number of piperazine rings is 1.